The Labute approximate surface area is 206 Å². The van der Waals surface area contributed by atoms with E-state index < -0.39 is 0 Å². The van der Waals surface area contributed by atoms with Crippen molar-refractivity contribution < 1.29 is 14.0 Å². The van der Waals surface area contributed by atoms with Gasteiger partial charge in [-0.15, -0.1) is 0 Å². The Morgan fingerprint density at radius 1 is 1.00 bits per heavy atom. The third kappa shape index (κ3) is 7.02. The lowest BCUT2D eigenvalue weighted by Gasteiger charge is -2.23. The zero-order valence-corrected chi connectivity index (χ0v) is 20.3. The summed E-state index contributed by atoms with van der Waals surface area (Å²) >= 11 is 0. The first-order valence-corrected chi connectivity index (χ1v) is 12.4. The maximum absolute atomic E-state index is 13.2. The molecule has 1 unspecified atom stereocenters. The molecule has 35 heavy (non-hydrogen) atoms. The summed E-state index contributed by atoms with van der Waals surface area (Å²) in [7, 11) is 0. The molecule has 2 aromatic carbocycles. The zero-order valence-electron chi connectivity index (χ0n) is 20.3. The van der Waals surface area contributed by atoms with E-state index in [1.165, 1.54) is 0 Å². The molecule has 1 saturated heterocycles. The van der Waals surface area contributed by atoms with Gasteiger partial charge in [0.05, 0.1) is 12.1 Å². The van der Waals surface area contributed by atoms with Crippen LogP contribution in [0.4, 0.5) is 0 Å². The maximum atomic E-state index is 13.2. The molecule has 7 nitrogen and oxygen atoms in total. The van der Waals surface area contributed by atoms with E-state index in [2.05, 4.69) is 15.6 Å². The average molecular weight is 475 g/mol. The zero-order chi connectivity index (χ0) is 24.5. The standard InChI is InChI=1S/C28H34N4O3/c1-21-24(31-28(35-21)23-13-6-3-7-14-23)20-27(34)32-17-9-8-15-30-26(33)19-25(29-16-10-18-32)22-11-4-2-5-12-22/h2-7,11-14,25,29H,8-10,15-20H2,1H3,(H,30,33). The van der Waals surface area contributed by atoms with Crippen molar-refractivity contribution >= 4 is 11.8 Å². The van der Waals surface area contributed by atoms with E-state index in [1.54, 1.807) is 0 Å². The van der Waals surface area contributed by atoms with Crippen molar-refractivity contribution in [3.05, 3.63) is 77.7 Å². The van der Waals surface area contributed by atoms with Crippen molar-refractivity contribution in [3.8, 4) is 11.5 Å². The van der Waals surface area contributed by atoms with Crippen LogP contribution >= 0.6 is 0 Å². The molecule has 1 fully saturated rings. The lowest BCUT2D eigenvalue weighted by Crippen LogP contribution is -2.36. The van der Waals surface area contributed by atoms with Crippen LogP contribution in [0.1, 0.15) is 48.7 Å². The van der Waals surface area contributed by atoms with Crippen LogP contribution < -0.4 is 10.6 Å². The van der Waals surface area contributed by atoms with Gasteiger partial charge in [-0.1, -0.05) is 48.5 Å². The van der Waals surface area contributed by atoms with E-state index in [-0.39, 0.29) is 24.3 Å². The van der Waals surface area contributed by atoms with Crippen LogP contribution in [0.25, 0.3) is 11.5 Å². The van der Waals surface area contributed by atoms with Crippen molar-refractivity contribution in [1.82, 2.24) is 20.5 Å². The average Bonchev–Trinajstić information content (AvgIpc) is 3.25. The summed E-state index contributed by atoms with van der Waals surface area (Å²) in [5.41, 5.74) is 2.69. The van der Waals surface area contributed by atoms with E-state index in [4.69, 9.17) is 4.42 Å². The fourth-order valence-corrected chi connectivity index (χ4v) is 4.36. The van der Waals surface area contributed by atoms with Crippen LogP contribution in [0.5, 0.6) is 0 Å². The van der Waals surface area contributed by atoms with E-state index >= 15 is 0 Å². The van der Waals surface area contributed by atoms with Gasteiger partial charge in [-0.05, 0) is 50.4 Å². The van der Waals surface area contributed by atoms with Gasteiger partial charge in [-0.2, -0.15) is 0 Å². The number of hydrogen-bond donors (Lipinski definition) is 2. The minimum atomic E-state index is -0.0460. The lowest BCUT2D eigenvalue weighted by molar-refractivity contribution is -0.130. The molecule has 0 saturated carbocycles. The van der Waals surface area contributed by atoms with Crippen molar-refractivity contribution in [2.24, 2.45) is 0 Å². The number of nitrogens with one attached hydrogen (secondary N) is 2. The molecule has 2 N–H and O–H groups in total. The quantitative estimate of drug-likeness (QED) is 0.596. The van der Waals surface area contributed by atoms with Crippen LogP contribution in [0, 0.1) is 6.92 Å². The molecular formula is C28H34N4O3. The minimum Gasteiger partial charge on any atom is -0.441 e. The number of nitrogens with zero attached hydrogens (tertiary/aromatic N) is 2. The van der Waals surface area contributed by atoms with Crippen LogP contribution in [0.15, 0.2) is 65.1 Å². The molecule has 3 aromatic rings. The molecule has 1 aliphatic rings. The molecule has 0 spiro atoms. The summed E-state index contributed by atoms with van der Waals surface area (Å²) < 4.78 is 5.85. The largest absolute Gasteiger partial charge is 0.441 e. The van der Waals surface area contributed by atoms with Gasteiger partial charge < -0.3 is 20.0 Å². The van der Waals surface area contributed by atoms with Gasteiger partial charge in [0.1, 0.15) is 5.76 Å². The first-order chi connectivity index (χ1) is 17.1. The maximum Gasteiger partial charge on any atom is 0.228 e. The first kappa shape index (κ1) is 24.7. The van der Waals surface area contributed by atoms with Gasteiger partial charge in [0, 0.05) is 37.7 Å². The summed E-state index contributed by atoms with van der Waals surface area (Å²) in [6.45, 7) is 4.53. The fourth-order valence-electron chi connectivity index (χ4n) is 4.36. The third-order valence-electron chi connectivity index (χ3n) is 6.35. The number of benzene rings is 2. The Morgan fingerprint density at radius 2 is 1.71 bits per heavy atom. The molecule has 0 aliphatic carbocycles. The Kier molecular flexibility index (Phi) is 8.68. The second kappa shape index (κ2) is 12.3. The number of rotatable bonds is 4. The lowest BCUT2D eigenvalue weighted by atomic mass is 10.0. The van der Waals surface area contributed by atoms with Gasteiger partial charge in [0.15, 0.2) is 0 Å². The number of aryl methyl sites for hydroxylation is 1. The van der Waals surface area contributed by atoms with Gasteiger partial charge in [-0.3, -0.25) is 9.59 Å². The Bertz CT molecular complexity index is 1100. The van der Waals surface area contributed by atoms with E-state index in [0.717, 1.165) is 36.9 Å². The molecule has 2 heterocycles. The number of carbonyl (C=O) groups excluding carboxylic acids is 2. The number of oxazole rings is 1. The predicted molar refractivity (Wildman–Crippen MR) is 136 cm³/mol. The van der Waals surface area contributed by atoms with Gasteiger partial charge >= 0.3 is 0 Å². The van der Waals surface area contributed by atoms with Crippen molar-refractivity contribution in [3.63, 3.8) is 0 Å². The minimum absolute atomic E-state index is 0.0460. The highest BCUT2D eigenvalue weighted by atomic mass is 16.4. The van der Waals surface area contributed by atoms with Crippen molar-refractivity contribution in [2.75, 3.05) is 26.2 Å². The monoisotopic (exact) mass is 474 g/mol. The van der Waals surface area contributed by atoms with E-state index in [1.807, 2.05) is 72.5 Å². The van der Waals surface area contributed by atoms with Crippen molar-refractivity contribution in [1.29, 1.82) is 0 Å². The van der Waals surface area contributed by atoms with Crippen LogP contribution in [-0.2, 0) is 16.0 Å². The summed E-state index contributed by atoms with van der Waals surface area (Å²) in [6, 6.07) is 19.7. The van der Waals surface area contributed by atoms with Crippen molar-refractivity contribution in [2.45, 2.75) is 45.1 Å². The SMILES string of the molecule is Cc1oc(-c2ccccc2)nc1CC(=O)N1CCCCNC(=O)CC(c2ccccc2)NCCC1. The van der Waals surface area contributed by atoms with Gasteiger partial charge in [0.2, 0.25) is 17.7 Å². The predicted octanol–water partition coefficient (Wildman–Crippen LogP) is 4.04. The second-order valence-electron chi connectivity index (χ2n) is 8.98. The molecule has 184 valence electrons. The summed E-state index contributed by atoms with van der Waals surface area (Å²) in [6.07, 6.45) is 3.11. The summed E-state index contributed by atoms with van der Waals surface area (Å²) in [4.78, 5) is 32.2. The molecule has 4 rings (SSSR count). The third-order valence-corrected chi connectivity index (χ3v) is 6.35. The normalized spacial score (nSPS) is 18.1. The topological polar surface area (TPSA) is 87.5 Å². The second-order valence-corrected chi connectivity index (χ2v) is 8.98. The molecule has 1 aromatic heterocycles. The molecule has 0 bridgehead atoms. The highest BCUT2D eigenvalue weighted by Crippen LogP contribution is 2.22. The van der Waals surface area contributed by atoms with E-state index in [0.29, 0.717) is 43.4 Å². The highest BCUT2D eigenvalue weighted by molar-refractivity contribution is 5.79. The first-order valence-electron chi connectivity index (χ1n) is 12.4. The molecule has 1 atom stereocenters. The van der Waals surface area contributed by atoms with E-state index in [9.17, 15) is 9.59 Å². The fraction of sp³-hybridized carbons (Fsp3) is 0.393. The van der Waals surface area contributed by atoms with Gasteiger partial charge in [-0.25, -0.2) is 4.98 Å². The summed E-state index contributed by atoms with van der Waals surface area (Å²) in [5, 5.41) is 6.54. The molecule has 7 heteroatoms. The smallest absolute Gasteiger partial charge is 0.228 e. The number of hydrogen-bond acceptors (Lipinski definition) is 5. The highest BCUT2D eigenvalue weighted by Gasteiger charge is 2.20. The Hall–Kier alpha value is -3.45. The van der Waals surface area contributed by atoms with Crippen LogP contribution in [0.2, 0.25) is 0 Å². The molecule has 0 radical (unpaired) electrons. The van der Waals surface area contributed by atoms with Crippen LogP contribution in [0.3, 0.4) is 0 Å². The summed E-state index contributed by atoms with van der Waals surface area (Å²) in [5.74, 6) is 1.33. The molecular weight excluding hydrogens is 440 g/mol. The number of amides is 2. The van der Waals surface area contributed by atoms with Gasteiger partial charge in [0.25, 0.3) is 0 Å². The molecule has 2 amide bonds. The molecule has 1 aliphatic heterocycles. The Morgan fingerprint density at radius 3 is 2.49 bits per heavy atom. The van der Waals surface area contributed by atoms with Crippen LogP contribution in [-0.4, -0.2) is 47.9 Å². The number of carbonyl (C=O) groups is 2. The number of aromatic nitrogens is 1. The Balaban J connectivity index is 1.40.